The molecule has 2 aromatic rings. The molecular formula is C13H14F2N2. The molecule has 2 rings (SSSR count). The minimum atomic E-state index is -0.468. The summed E-state index contributed by atoms with van der Waals surface area (Å²) in [5.41, 5.74) is 0.892. The third-order valence-corrected chi connectivity index (χ3v) is 2.54. The van der Waals surface area contributed by atoms with Gasteiger partial charge in [0.15, 0.2) is 0 Å². The predicted molar refractivity (Wildman–Crippen MR) is 62.2 cm³/mol. The maximum atomic E-state index is 13.5. The van der Waals surface area contributed by atoms with Gasteiger partial charge in [0.2, 0.25) is 0 Å². The van der Waals surface area contributed by atoms with Crippen LogP contribution in [0.1, 0.15) is 26.5 Å². The van der Waals surface area contributed by atoms with Gasteiger partial charge in [-0.05, 0) is 12.1 Å². The number of halogens is 2. The number of nitrogens with zero attached hydrogens (tertiary/aromatic N) is 2. The van der Waals surface area contributed by atoms with Gasteiger partial charge in [-0.3, -0.25) is 0 Å². The fourth-order valence-electron chi connectivity index (χ4n) is 1.53. The molecule has 90 valence electrons. The first-order valence-electron chi connectivity index (χ1n) is 5.38. The fraction of sp³-hybridized carbons (Fsp3) is 0.308. The van der Waals surface area contributed by atoms with E-state index in [1.807, 2.05) is 20.8 Å². The highest BCUT2D eigenvalue weighted by molar-refractivity contribution is 5.35. The average Bonchev–Trinajstić information content (AvgIpc) is 2.70. The highest BCUT2D eigenvalue weighted by Crippen LogP contribution is 2.22. The van der Waals surface area contributed by atoms with Gasteiger partial charge in [-0.15, -0.1) is 0 Å². The molecule has 0 unspecified atom stereocenters. The van der Waals surface area contributed by atoms with E-state index in [0.29, 0.717) is 0 Å². The summed E-state index contributed by atoms with van der Waals surface area (Å²) >= 11 is 0. The molecule has 0 bridgehead atoms. The van der Waals surface area contributed by atoms with Crippen LogP contribution in [-0.4, -0.2) is 9.55 Å². The Kier molecular flexibility index (Phi) is 2.73. The van der Waals surface area contributed by atoms with E-state index in [4.69, 9.17) is 0 Å². The summed E-state index contributed by atoms with van der Waals surface area (Å²) < 4.78 is 28.1. The quantitative estimate of drug-likeness (QED) is 0.741. The van der Waals surface area contributed by atoms with E-state index in [1.165, 1.54) is 10.9 Å². The summed E-state index contributed by atoms with van der Waals surface area (Å²) in [5, 5.41) is 0. The first-order valence-corrected chi connectivity index (χ1v) is 5.38. The third-order valence-electron chi connectivity index (χ3n) is 2.54. The molecule has 0 aliphatic rings. The molecule has 0 amide bonds. The van der Waals surface area contributed by atoms with Gasteiger partial charge in [0.1, 0.15) is 11.6 Å². The van der Waals surface area contributed by atoms with E-state index in [-0.39, 0.29) is 11.1 Å². The molecule has 2 nitrogen and oxygen atoms in total. The van der Waals surface area contributed by atoms with Crippen LogP contribution in [0.4, 0.5) is 8.78 Å². The van der Waals surface area contributed by atoms with Crippen LogP contribution in [0.15, 0.2) is 30.7 Å². The first-order chi connectivity index (χ1) is 7.88. The van der Waals surface area contributed by atoms with Crippen molar-refractivity contribution < 1.29 is 8.78 Å². The van der Waals surface area contributed by atoms with E-state index in [1.54, 1.807) is 6.20 Å². The lowest BCUT2D eigenvalue weighted by Crippen LogP contribution is -2.11. The van der Waals surface area contributed by atoms with E-state index in [0.717, 1.165) is 23.9 Å². The van der Waals surface area contributed by atoms with E-state index in [2.05, 4.69) is 4.98 Å². The van der Waals surface area contributed by atoms with Crippen molar-refractivity contribution in [3.05, 3.63) is 48.1 Å². The molecule has 0 aliphatic heterocycles. The van der Waals surface area contributed by atoms with Crippen LogP contribution in [0.2, 0.25) is 0 Å². The number of aromatic nitrogens is 2. The molecule has 0 fully saturated rings. The molecule has 0 aliphatic carbocycles. The molecule has 0 atom stereocenters. The lowest BCUT2D eigenvalue weighted by molar-refractivity contribution is 0.571. The zero-order valence-electron chi connectivity index (χ0n) is 10.0. The van der Waals surface area contributed by atoms with Crippen LogP contribution >= 0.6 is 0 Å². The van der Waals surface area contributed by atoms with E-state index >= 15 is 0 Å². The molecular weight excluding hydrogens is 222 g/mol. The normalized spacial score (nSPS) is 11.8. The van der Waals surface area contributed by atoms with Crippen molar-refractivity contribution in [1.82, 2.24) is 9.55 Å². The predicted octanol–water partition coefficient (Wildman–Crippen LogP) is 3.45. The van der Waals surface area contributed by atoms with Gasteiger partial charge < -0.3 is 4.57 Å². The zero-order valence-corrected chi connectivity index (χ0v) is 10.0. The van der Waals surface area contributed by atoms with Crippen molar-refractivity contribution in [1.29, 1.82) is 0 Å². The van der Waals surface area contributed by atoms with Crippen molar-refractivity contribution in [2.45, 2.75) is 26.2 Å². The molecule has 0 N–H and O–H groups in total. The summed E-state index contributed by atoms with van der Waals surface area (Å²) in [6.07, 6.45) is 3.22. The Bertz CT molecular complexity index is 539. The van der Waals surface area contributed by atoms with Crippen LogP contribution < -0.4 is 0 Å². The topological polar surface area (TPSA) is 17.8 Å². The molecule has 1 aromatic heterocycles. The van der Waals surface area contributed by atoms with Crippen LogP contribution in [0.3, 0.4) is 0 Å². The second kappa shape index (κ2) is 3.95. The largest absolute Gasteiger partial charge is 0.303 e. The lowest BCUT2D eigenvalue weighted by Gasteiger charge is -2.14. The zero-order chi connectivity index (χ0) is 12.6. The van der Waals surface area contributed by atoms with Gasteiger partial charge in [0.05, 0.1) is 17.7 Å². The van der Waals surface area contributed by atoms with E-state index < -0.39 is 11.6 Å². The second-order valence-electron chi connectivity index (χ2n) is 5.01. The summed E-state index contributed by atoms with van der Waals surface area (Å²) in [6, 6.07) is 3.37. The number of benzene rings is 1. The van der Waals surface area contributed by atoms with Crippen LogP contribution in [0.5, 0.6) is 0 Å². The first kappa shape index (κ1) is 11.8. The molecule has 0 spiro atoms. The Morgan fingerprint density at radius 1 is 1.18 bits per heavy atom. The van der Waals surface area contributed by atoms with Crippen molar-refractivity contribution in [2.75, 3.05) is 0 Å². The molecule has 0 radical (unpaired) electrons. The van der Waals surface area contributed by atoms with Crippen molar-refractivity contribution >= 4 is 0 Å². The SMILES string of the molecule is CC(C)(C)c1cn(-c2cc(F)ccc2F)cn1. The maximum Gasteiger partial charge on any atom is 0.147 e. The lowest BCUT2D eigenvalue weighted by atomic mass is 9.93. The van der Waals surface area contributed by atoms with Gasteiger partial charge >= 0.3 is 0 Å². The highest BCUT2D eigenvalue weighted by Gasteiger charge is 2.17. The summed E-state index contributed by atoms with van der Waals surface area (Å²) in [4.78, 5) is 4.21. The number of hydrogen-bond donors (Lipinski definition) is 0. The molecule has 4 heteroatoms. The Morgan fingerprint density at radius 3 is 2.47 bits per heavy atom. The van der Waals surface area contributed by atoms with E-state index in [9.17, 15) is 8.78 Å². The molecule has 0 saturated heterocycles. The van der Waals surface area contributed by atoms with Gasteiger partial charge in [0.25, 0.3) is 0 Å². The Hall–Kier alpha value is -1.71. The number of rotatable bonds is 1. The maximum absolute atomic E-state index is 13.5. The summed E-state index contributed by atoms with van der Waals surface area (Å²) in [7, 11) is 0. The van der Waals surface area contributed by atoms with Crippen LogP contribution in [0.25, 0.3) is 5.69 Å². The van der Waals surface area contributed by atoms with Crippen LogP contribution in [-0.2, 0) is 5.41 Å². The Labute approximate surface area is 98.9 Å². The summed E-state index contributed by atoms with van der Waals surface area (Å²) in [5.74, 6) is -0.934. The van der Waals surface area contributed by atoms with Crippen molar-refractivity contribution in [3.63, 3.8) is 0 Å². The van der Waals surface area contributed by atoms with Gasteiger partial charge in [-0.1, -0.05) is 20.8 Å². The van der Waals surface area contributed by atoms with Crippen molar-refractivity contribution in [3.8, 4) is 5.69 Å². The molecule has 0 saturated carbocycles. The summed E-state index contributed by atoms with van der Waals surface area (Å²) in [6.45, 7) is 6.05. The molecule has 1 aromatic carbocycles. The number of hydrogen-bond acceptors (Lipinski definition) is 1. The fourth-order valence-corrected chi connectivity index (χ4v) is 1.53. The van der Waals surface area contributed by atoms with Gasteiger partial charge in [-0.25, -0.2) is 13.8 Å². The standard InChI is InChI=1S/C13H14F2N2/c1-13(2,3)12-7-17(8-16-12)11-6-9(14)4-5-10(11)15/h4-8H,1-3H3. The Morgan fingerprint density at radius 2 is 1.88 bits per heavy atom. The Balaban J connectivity index is 2.47. The molecule has 1 heterocycles. The third kappa shape index (κ3) is 2.35. The molecule has 17 heavy (non-hydrogen) atoms. The average molecular weight is 236 g/mol. The smallest absolute Gasteiger partial charge is 0.147 e. The van der Waals surface area contributed by atoms with Gasteiger partial charge in [0, 0.05) is 17.7 Å². The monoisotopic (exact) mass is 236 g/mol. The number of imidazole rings is 1. The second-order valence-corrected chi connectivity index (χ2v) is 5.01. The minimum Gasteiger partial charge on any atom is -0.303 e. The van der Waals surface area contributed by atoms with Crippen molar-refractivity contribution in [2.24, 2.45) is 0 Å². The highest BCUT2D eigenvalue weighted by atomic mass is 19.1. The van der Waals surface area contributed by atoms with Crippen LogP contribution in [0, 0.1) is 11.6 Å². The van der Waals surface area contributed by atoms with Gasteiger partial charge in [-0.2, -0.15) is 0 Å². The minimum absolute atomic E-state index is 0.116.